The highest BCUT2D eigenvalue weighted by molar-refractivity contribution is 7.47. The van der Waals surface area contributed by atoms with Crippen molar-refractivity contribution in [2.45, 2.75) is 405 Å². The van der Waals surface area contributed by atoms with Crippen LogP contribution in [0.5, 0.6) is 0 Å². The van der Waals surface area contributed by atoms with Crippen molar-refractivity contribution >= 4 is 19.8 Å². The molecule has 0 amide bonds. The molecule has 0 radical (unpaired) electrons. The Hall–Kier alpha value is -1.25. The van der Waals surface area contributed by atoms with Gasteiger partial charge in [0.05, 0.1) is 27.7 Å². The number of nitrogens with zero attached hydrogens (tertiary/aromatic N) is 1. The first kappa shape index (κ1) is 82.8. The molecule has 0 bridgehead atoms. The second kappa shape index (κ2) is 66.2. The molecule has 2 unspecified atom stereocenters. The van der Waals surface area contributed by atoms with Crippen LogP contribution in [0.15, 0.2) is 12.2 Å². The van der Waals surface area contributed by atoms with Crippen molar-refractivity contribution < 1.29 is 42.1 Å². The zero-order valence-corrected chi connectivity index (χ0v) is 58.1. The van der Waals surface area contributed by atoms with Crippen LogP contribution in [0.4, 0.5) is 0 Å². The van der Waals surface area contributed by atoms with E-state index in [1.54, 1.807) is 0 Å². The van der Waals surface area contributed by atoms with Gasteiger partial charge in [-0.05, 0) is 38.5 Å². The van der Waals surface area contributed by atoms with Crippen LogP contribution >= 0.6 is 7.82 Å². The summed E-state index contributed by atoms with van der Waals surface area (Å²) in [5.41, 5.74) is 0. The van der Waals surface area contributed by atoms with E-state index in [1.165, 1.54) is 334 Å². The maximum absolute atomic E-state index is 12.9. The van der Waals surface area contributed by atoms with Gasteiger partial charge < -0.3 is 18.9 Å². The standard InChI is InChI=1S/C74H146NO8P/c1-6-8-10-12-14-16-18-20-22-24-26-28-30-32-34-36-37-39-40-42-44-46-48-50-52-54-56-58-60-62-64-66-73(76)80-70-72(71-82-84(78,79)81-69-68-75(3,4)5)83-74(77)67-65-63-61-59-57-55-53-51-49-47-45-43-41-38-35-33-31-29-27-25-23-21-19-17-15-13-11-9-7-2/h25,27,72H,6-24,26,28-71H2,1-5H3/p+1/b27-25-. The molecular weight excluding hydrogens is 1060 g/mol. The third-order valence-corrected chi connectivity index (χ3v) is 18.3. The number of allylic oxidation sites excluding steroid dienone is 2. The minimum absolute atomic E-state index is 0.0366. The van der Waals surface area contributed by atoms with Gasteiger partial charge in [0.15, 0.2) is 6.10 Å². The molecule has 10 heteroatoms. The molecule has 84 heavy (non-hydrogen) atoms. The second-order valence-electron chi connectivity index (χ2n) is 27.0. The summed E-state index contributed by atoms with van der Waals surface area (Å²) in [4.78, 5) is 35.9. The highest BCUT2D eigenvalue weighted by Crippen LogP contribution is 2.43. The zero-order valence-electron chi connectivity index (χ0n) is 57.2. The smallest absolute Gasteiger partial charge is 0.462 e. The lowest BCUT2D eigenvalue weighted by Gasteiger charge is -2.24. The number of phosphoric ester groups is 1. The molecule has 0 spiro atoms. The molecule has 0 saturated heterocycles. The van der Waals surface area contributed by atoms with Gasteiger partial charge >= 0.3 is 19.8 Å². The van der Waals surface area contributed by atoms with Crippen molar-refractivity contribution in [2.24, 2.45) is 0 Å². The van der Waals surface area contributed by atoms with Gasteiger partial charge in [-0.25, -0.2) is 4.57 Å². The average Bonchev–Trinajstić information content (AvgIpc) is 3.61. The number of esters is 2. The van der Waals surface area contributed by atoms with E-state index in [4.69, 9.17) is 18.5 Å². The topological polar surface area (TPSA) is 108 Å². The Labute approximate surface area is 524 Å². The predicted octanol–water partition coefficient (Wildman–Crippen LogP) is 24.3. The molecule has 500 valence electrons. The summed E-state index contributed by atoms with van der Waals surface area (Å²) in [7, 11) is 1.51. The Morgan fingerprint density at radius 3 is 0.881 bits per heavy atom. The van der Waals surface area contributed by atoms with Crippen molar-refractivity contribution in [3.05, 3.63) is 12.2 Å². The fourth-order valence-corrected chi connectivity index (χ4v) is 12.3. The van der Waals surface area contributed by atoms with Gasteiger partial charge in [0.2, 0.25) is 0 Å². The number of hydrogen-bond donors (Lipinski definition) is 1. The maximum atomic E-state index is 12.9. The number of carbonyl (C=O) groups is 2. The monoisotopic (exact) mass is 1210 g/mol. The first-order valence-electron chi connectivity index (χ1n) is 37.4. The third-order valence-electron chi connectivity index (χ3n) is 17.3. The van der Waals surface area contributed by atoms with Gasteiger partial charge in [0.25, 0.3) is 0 Å². The summed E-state index contributed by atoms with van der Waals surface area (Å²) in [6.45, 7) is 4.53. The molecule has 0 aliphatic carbocycles. The van der Waals surface area contributed by atoms with Gasteiger partial charge in [-0.3, -0.25) is 18.6 Å². The first-order valence-corrected chi connectivity index (χ1v) is 38.9. The van der Waals surface area contributed by atoms with E-state index in [0.717, 1.165) is 38.5 Å². The largest absolute Gasteiger partial charge is 0.472 e. The number of rotatable bonds is 71. The molecule has 0 aliphatic rings. The Bertz CT molecular complexity index is 1420. The number of ether oxygens (including phenoxy) is 2. The van der Waals surface area contributed by atoms with E-state index in [9.17, 15) is 19.0 Å². The van der Waals surface area contributed by atoms with Gasteiger partial charge in [-0.1, -0.05) is 360 Å². The number of likely N-dealkylation sites (N-methyl/N-ethyl adjacent to an activating group) is 1. The van der Waals surface area contributed by atoms with Gasteiger partial charge in [0, 0.05) is 12.8 Å². The van der Waals surface area contributed by atoms with Crippen LogP contribution in [-0.2, 0) is 32.7 Å². The highest BCUT2D eigenvalue weighted by Gasteiger charge is 2.27. The average molecular weight is 1210 g/mol. The number of hydrogen-bond acceptors (Lipinski definition) is 7. The molecule has 2 atom stereocenters. The Morgan fingerprint density at radius 1 is 0.357 bits per heavy atom. The summed E-state index contributed by atoms with van der Waals surface area (Å²) in [5.74, 6) is -0.769. The quantitative estimate of drug-likeness (QED) is 0.0211. The first-order chi connectivity index (χ1) is 41.0. The zero-order chi connectivity index (χ0) is 61.2. The molecule has 1 N–H and O–H groups in total. The SMILES string of the molecule is CCCCCCCCCC/C=C\CCCCCCCCCCCCCCCCCCCC(=O)OC(COC(=O)CCCCCCCCCCCCCCCCCCCCCCCCCCCCCCCCC)COP(=O)(O)OCC[N+](C)(C)C. The molecule has 0 aromatic heterocycles. The van der Waals surface area contributed by atoms with Crippen LogP contribution in [0.1, 0.15) is 399 Å². The molecule has 0 heterocycles. The van der Waals surface area contributed by atoms with Crippen LogP contribution in [-0.4, -0.2) is 74.9 Å². The van der Waals surface area contributed by atoms with Crippen LogP contribution in [0.25, 0.3) is 0 Å². The van der Waals surface area contributed by atoms with E-state index in [0.29, 0.717) is 17.4 Å². The van der Waals surface area contributed by atoms with Crippen molar-refractivity contribution in [3.63, 3.8) is 0 Å². The summed E-state index contributed by atoms with van der Waals surface area (Å²) in [5, 5.41) is 0. The van der Waals surface area contributed by atoms with E-state index < -0.39 is 26.5 Å². The third kappa shape index (κ3) is 69.8. The van der Waals surface area contributed by atoms with E-state index >= 15 is 0 Å². The van der Waals surface area contributed by atoms with Gasteiger partial charge in [-0.15, -0.1) is 0 Å². The lowest BCUT2D eigenvalue weighted by molar-refractivity contribution is -0.870. The fraction of sp³-hybridized carbons (Fsp3) is 0.946. The Morgan fingerprint density at radius 2 is 0.607 bits per heavy atom. The van der Waals surface area contributed by atoms with Crippen LogP contribution in [0.2, 0.25) is 0 Å². The number of quaternary nitrogens is 1. The second-order valence-corrected chi connectivity index (χ2v) is 28.5. The molecule has 0 fully saturated rings. The molecule has 9 nitrogen and oxygen atoms in total. The Kier molecular flexibility index (Phi) is 65.2. The van der Waals surface area contributed by atoms with Crippen molar-refractivity contribution in [2.75, 3.05) is 47.5 Å². The normalized spacial score (nSPS) is 13.1. The Balaban J connectivity index is 3.94. The predicted molar refractivity (Wildman–Crippen MR) is 363 cm³/mol. The number of carbonyl (C=O) groups excluding carboxylic acids is 2. The van der Waals surface area contributed by atoms with Gasteiger partial charge in [-0.2, -0.15) is 0 Å². The van der Waals surface area contributed by atoms with Crippen LogP contribution < -0.4 is 0 Å². The molecular formula is C74H147NO8P+. The van der Waals surface area contributed by atoms with Crippen molar-refractivity contribution in [1.29, 1.82) is 0 Å². The van der Waals surface area contributed by atoms with Crippen LogP contribution in [0, 0.1) is 0 Å². The van der Waals surface area contributed by atoms with Crippen molar-refractivity contribution in [3.8, 4) is 0 Å². The highest BCUT2D eigenvalue weighted by atomic mass is 31.2. The van der Waals surface area contributed by atoms with Gasteiger partial charge in [0.1, 0.15) is 19.8 Å². The minimum Gasteiger partial charge on any atom is -0.462 e. The van der Waals surface area contributed by atoms with Crippen molar-refractivity contribution in [1.82, 2.24) is 0 Å². The summed E-state index contributed by atoms with van der Waals surface area (Å²) >= 11 is 0. The minimum atomic E-state index is -4.39. The lowest BCUT2D eigenvalue weighted by Crippen LogP contribution is -2.37. The van der Waals surface area contributed by atoms with E-state index in [2.05, 4.69) is 26.0 Å². The molecule has 0 aromatic rings. The summed E-state index contributed by atoms with van der Waals surface area (Å²) in [6.07, 6.45) is 82.0. The molecule has 0 saturated carbocycles. The van der Waals surface area contributed by atoms with E-state index in [-0.39, 0.29) is 25.6 Å². The fourth-order valence-electron chi connectivity index (χ4n) is 11.5. The van der Waals surface area contributed by atoms with E-state index in [1.807, 2.05) is 21.1 Å². The molecule has 0 aromatic carbocycles. The summed E-state index contributed by atoms with van der Waals surface area (Å²) < 4.78 is 34.8. The van der Waals surface area contributed by atoms with Crippen LogP contribution in [0.3, 0.4) is 0 Å². The molecule has 0 aliphatic heterocycles. The maximum Gasteiger partial charge on any atom is 0.472 e. The molecule has 0 rings (SSSR count). The number of phosphoric acid groups is 1. The summed E-state index contributed by atoms with van der Waals surface area (Å²) in [6, 6.07) is 0. The number of unbranched alkanes of at least 4 members (excludes halogenated alkanes) is 55. The lowest BCUT2D eigenvalue weighted by atomic mass is 10.0.